The van der Waals surface area contributed by atoms with Gasteiger partial charge in [0.2, 0.25) is 5.91 Å². The number of aliphatic carboxylic acids is 1. The molecule has 1 N–H and O–H groups in total. The monoisotopic (exact) mass is 295 g/mol. The van der Waals surface area contributed by atoms with Crippen LogP contribution in [0.25, 0.3) is 0 Å². The van der Waals surface area contributed by atoms with Crippen molar-refractivity contribution in [2.75, 3.05) is 13.7 Å². The van der Waals surface area contributed by atoms with Crippen molar-refractivity contribution in [3.63, 3.8) is 0 Å². The van der Waals surface area contributed by atoms with Crippen LogP contribution in [0.5, 0.6) is 5.75 Å². The Kier molecular flexibility index (Phi) is 4.45. The summed E-state index contributed by atoms with van der Waals surface area (Å²) in [6.45, 7) is 2.18. The molecule has 1 aliphatic heterocycles. The summed E-state index contributed by atoms with van der Waals surface area (Å²) in [4.78, 5) is 25.0. The molecular formula is C15H18FNO4. The minimum absolute atomic E-state index is 0.0933. The third-order valence-corrected chi connectivity index (χ3v) is 3.88. The van der Waals surface area contributed by atoms with E-state index < -0.39 is 23.7 Å². The van der Waals surface area contributed by atoms with E-state index in [1.165, 1.54) is 24.1 Å². The molecule has 2 atom stereocenters. The number of piperidine rings is 1. The first kappa shape index (κ1) is 15.3. The lowest BCUT2D eigenvalue weighted by atomic mass is 9.84. The van der Waals surface area contributed by atoms with E-state index in [0.717, 1.165) is 0 Å². The van der Waals surface area contributed by atoms with Crippen LogP contribution in [-0.2, 0) is 9.59 Å². The van der Waals surface area contributed by atoms with Gasteiger partial charge in [-0.15, -0.1) is 0 Å². The van der Waals surface area contributed by atoms with Gasteiger partial charge < -0.3 is 14.7 Å². The van der Waals surface area contributed by atoms with E-state index in [1.807, 2.05) is 0 Å². The molecule has 0 spiro atoms. The number of nitrogens with zero attached hydrogens (tertiary/aromatic N) is 1. The third kappa shape index (κ3) is 2.84. The molecule has 0 aromatic heterocycles. The van der Waals surface area contributed by atoms with Crippen LogP contribution in [0.2, 0.25) is 0 Å². The van der Waals surface area contributed by atoms with E-state index in [4.69, 9.17) is 4.74 Å². The molecule has 0 radical (unpaired) electrons. The number of carbonyl (C=O) groups is 2. The lowest BCUT2D eigenvalue weighted by Gasteiger charge is -2.39. The van der Waals surface area contributed by atoms with Gasteiger partial charge in [-0.1, -0.05) is 6.07 Å². The summed E-state index contributed by atoms with van der Waals surface area (Å²) in [5.74, 6) is -2.27. The van der Waals surface area contributed by atoms with Gasteiger partial charge in [-0.2, -0.15) is 0 Å². The fourth-order valence-electron chi connectivity index (χ4n) is 2.86. The highest BCUT2D eigenvalue weighted by molar-refractivity contribution is 5.81. The zero-order valence-electron chi connectivity index (χ0n) is 12.0. The van der Waals surface area contributed by atoms with Gasteiger partial charge in [0.25, 0.3) is 0 Å². The van der Waals surface area contributed by atoms with Crippen LogP contribution in [0, 0.1) is 11.7 Å². The maximum atomic E-state index is 13.9. The maximum Gasteiger partial charge on any atom is 0.308 e. The Hall–Kier alpha value is -2.11. The molecule has 1 aromatic carbocycles. The second kappa shape index (κ2) is 6.11. The Morgan fingerprint density at radius 2 is 2.24 bits per heavy atom. The van der Waals surface area contributed by atoms with Crippen molar-refractivity contribution < 1.29 is 23.8 Å². The molecule has 0 aliphatic carbocycles. The zero-order valence-corrected chi connectivity index (χ0v) is 12.0. The largest absolute Gasteiger partial charge is 0.494 e. The maximum absolute atomic E-state index is 13.9. The number of likely N-dealkylation sites (tertiary alicyclic amines) is 1. The van der Waals surface area contributed by atoms with Crippen LogP contribution >= 0.6 is 0 Å². The van der Waals surface area contributed by atoms with Gasteiger partial charge in [0.05, 0.1) is 19.1 Å². The summed E-state index contributed by atoms with van der Waals surface area (Å²) >= 11 is 0. The van der Waals surface area contributed by atoms with Crippen molar-refractivity contribution in [1.29, 1.82) is 0 Å². The van der Waals surface area contributed by atoms with Gasteiger partial charge in [0, 0.05) is 13.0 Å². The summed E-state index contributed by atoms with van der Waals surface area (Å²) in [7, 11) is 1.36. The Morgan fingerprint density at radius 3 is 2.76 bits per heavy atom. The Labute approximate surface area is 122 Å². The number of halogens is 1. The average molecular weight is 295 g/mol. The van der Waals surface area contributed by atoms with E-state index in [-0.39, 0.29) is 24.5 Å². The second-order valence-electron chi connectivity index (χ2n) is 5.00. The van der Waals surface area contributed by atoms with Crippen molar-refractivity contribution in [3.8, 4) is 5.75 Å². The fraction of sp³-hybridized carbons (Fsp3) is 0.467. The third-order valence-electron chi connectivity index (χ3n) is 3.88. The first-order chi connectivity index (χ1) is 9.99. The van der Waals surface area contributed by atoms with E-state index in [1.54, 1.807) is 13.0 Å². The molecule has 114 valence electrons. The molecule has 1 saturated heterocycles. The minimum atomic E-state index is -0.970. The normalized spacial score (nSPS) is 22.2. The summed E-state index contributed by atoms with van der Waals surface area (Å²) in [5, 5.41) is 9.38. The van der Waals surface area contributed by atoms with E-state index in [9.17, 15) is 19.1 Å². The van der Waals surface area contributed by atoms with Crippen LogP contribution in [0.1, 0.15) is 31.4 Å². The number of carbonyl (C=O) groups excluding carboxylic acids is 1. The zero-order chi connectivity index (χ0) is 15.6. The number of hydrogen-bond donors (Lipinski definition) is 1. The first-order valence-electron chi connectivity index (χ1n) is 6.85. The van der Waals surface area contributed by atoms with Crippen LogP contribution < -0.4 is 4.74 Å². The molecule has 2 rings (SSSR count). The number of carboxylic acids is 1. The Balaban J connectivity index is 2.45. The number of ether oxygens (including phenoxy) is 1. The van der Waals surface area contributed by atoms with Crippen molar-refractivity contribution in [3.05, 3.63) is 29.6 Å². The van der Waals surface area contributed by atoms with Gasteiger partial charge in [-0.05, 0) is 31.0 Å². The van der Waals surface area contributed by atoms with Crippen molar-refractivity contribution >= 4 is 11.9 Å². The molecule has 1 heterocycles. The first-order valence-corrected chi connectivity index (χ1v) is 6.85. The molecule has 1 aromatic rings. The van der Waals surface area contributed by atoms with Crippen molar-refractivity contribution in [2.24, 2.45) is 5.92 Å². The van der Waals surface area contributed by atoms with Gasteiger partial charge in [0.15, 0.2) is 11.6 Å². The highest BCUT2D eigenvalue weighted by Crippen LogP contribution is 2.37. The highest BCUT2D eigenvalue weighted by atomic mass is 19.1. The second-order valence-corrected chi connectivity index (χ2v) is 5.00. The lowest BCUT2D eigenvalue weighted by Crippen LogP contribution is -2.45. The van der Waals surface area contributed by atoms with E-state index in [0.29, 0.717) is 12.1 Å². The summed E-state index contributed by atoms with van der Waals surface area (Å²) in [6.07, 6.45) is 0.475. The fourth-order valence-corrected chi connectivity index (χ4v) is 2.86. The van der Waals surface area contributed by atoms with Crippen LogP contribution in [-0.4, -0.2) is 35.5 Å². The number of methoxy groups -OCH3 is 1. The summed E-state index contributed by atoms with van der Waals surface area (Å²) < 4.78 is 18.7. The summed E-state index contributed by atoms with van der Waals surface area (Å²) in [6, 6.07) is 3.68. The average Bonchev–Trinajstić information content (AvgIpc) is 2.46. The molecule has 1 fully saturated rings. The topological polar surface area (TPSA) is 66.8 Å². The van der Waals surface area contributed by atoms with Gasteiger partial charge in [-0.25, -0.2) is 4.39 Å². The molecule has 1 amide bonds. The Morgan fingerprint density at radius 1 is 1.52 bits per heavy atom. The predicted octanol–water partition coefficient (Wildman–Crippen LogP) is 2.22. The highest BCUT2D eigenvalue weighted by Gasteiger charge is 2.40. The number of hydrogen-bond acceptors (Lipinski definition) is 3. The molecule has 6 heteroatoms. The van der Waals surface area contributed by atoms with Gasteiger partial charge >= 0.3 is 5.97 Å². The van der Waals surface area contributed by atoms with Crippen LogP contribution in [0.4, 0.5) is 4.39 Å². The Bertz CT molecular complexity index is 559. The lowest BCUT2D eigenvalue weighted by molar-refractivity contribution is -0.151. The van der Waals surface area contributed by atoms with Crippen molar-refractivity contribution in [2.45, 2.75) is 25.8 Å². The minimum Gasteiger partial charge on any atom is -0.494 e. The molecule has 0 saturated carbocycles. The van der Waals surface area contributed by atoms with Gasteiger partial charge in [-0.3, -0.25) is 9.59 Å². The number of benzene rings is 1. The SMILES string of the molecule is CCN1C(=O)CCC(C(=O)O)C1c1ccc(OC)c(F)c1. The molecule has 21 heavy (non-hydrogen) atoms. The van der Waals surface area contributed by atoms with Crippen LogP contribution in [0.3, 0.4) is 0 Å². The molecule has 0 bridgehead atoms. The quantitative estimate of drug-likeness (QED) is 0.925. The van der Waals surface area contributed by atoms with Crippen molar-refractivity contribution in [1.82, 2.24) is 4.90 Å². The number of rotatable bonds is 4. The molecule has 2 unspecified atom stereocenters. The van der Waals surface area contributed by atoms with Crippen LogP contribution in [0.15, 0.2) is 18.2 Å². The predicted molar refractivity (Wildman–Crippen MR) is 73.4 cm³/mol. The standard InChI is InChI=1S/C15H18FNO4/c1-3-17-13(18)7-5-10(15(19)20)14(17)9-4-6-12(21-2)11(16)8-9/h4,6,8,10,14H,3,5,7H2,1-2H3,(H,19,20). The van der Waals surface area contributed by atoms with E-state index in [2.05, 4.69) is 0 Å². The number of carboxylic acid groups (broad SMARTS) is 1. The van der Waals surface area contributed by atoms with Gasteiger partial charge in [0.1, 0.15) is 0 Å². The van der Waals surface area contributed by atoms with E-state index >= 15 is 0 Å². The molecule has 1 aliphatic rings. The molecule has 5 nitrogen and oxygen atoms in total. The number of amides is 1. The molecular weight excluding hydrogens is 277 g/mol. The smallest absolute Gasteiger partial charge is 0.308 e. The summed E-state index contributed by atoms with van der Waals surface area (Å²) in [5.41, 5.74) is 0.482.